The van der Waals surface area contributed by atoms with E-state index in [9.17, 15) is 4.79 Å². The van der Waals surface area contributed by atoms with Crippen molar-refractivity contribution >= 4 is 28.4 Å². The maximum absolute atomic E-state index is 11.7. The average molecular weight is 376 g/mol. The Morgan fingerprint density at radius 1 is 1.63 bits per heavy atom. The Kier molecular flexibility index (Phi) is 5.20. The first-order chi connectivity index (χ1) is 9.09. The molecule has 1 aliphatic heterocycles. The van der Waals surface area contributed by atoms with Gasteiger partial charge in [0.2, 0.25) is 0 Å². The van der Waals surface area contributed by atoms with Gasteiger partial charge in [-0.15, -0.1) is 0 Å². The number of hydrogen-bond acceptors (Lipinski definition) is 4. The smallest absolute Gasteiger partial charge is 0.266 e. The summed E-state index contributed by atoms with van der Waals surface area (Å²) >= 11 is 2.08. The van der Waals surface area contributed by atoms with Crippen molar-refractivity contribution in [2.45, 2.75) is 32.7 Å². The molecule has 0 spiro atoms. The standard InChI is InChI=1S/C13H21IN4O/c1-9(2)6-15-7-10-4-3-5-18(10)12-11(14)13(19)17-8-16-12/h8-10,15H,3-7H2,1-2H3,(H,16,17,19). The number of H-pyrrole nitrogens is 1. The maximum atomic E-state index is 11.7. The Labute approximate surface area is 127 Å². The van der Waals surface area contributed by atoms with E-state index in [1.165, 1.54) is 12.7 Å². The molecule has 2 heterocycles. The van der Waals surface area contributed by atoms with Crippen LogP contribution in [0, 0.1) is 9.49 Å². The first-order valence-electron chi connectivity index (χ1n) is 6.80. The van der Waals surface area contributed by atoms with Gasteiger partial charge in [0.25, 0.3) is 5.56 Å². The van der Waals surface area contributed by atoms with E-state index in [1.807, 2.05) is 0 Å². The van der Waals surface area contributed by atoms with Gasteiger partial charge < -0.3 is 15.2 Å². The largest absolute Gasteiger partial charge is 0.351 e. The maximum Gasteiger partial charge on any atom is 0.266 e. The predicted molar refractivity (Wildman–Crippen MR) is 85.7 cm³/mol. The second kappa shape index (κ2) is 6.69. The lowest BCUT2D eigenvalue weighted by Gasteiger charge is -2.26. The number of anilines is 1. The van der Waals surface area contributed by atoms with Gasteiger partial charge in [0.15, 0.2) is 0 Å². The van der Waals surface area contributed by atoms with Gasteiger partial charge in [-0.05, 0) is 47.9 Å². The molecule has 1 aromatic rings. The quantitative estimate of drug-likeness (QED) is 0.767. The van der Waals surface area contributed by atoms with E-state index in [0.717, 1.165) is 31.9 Å². The summed E-state index contributed by atoms with van der Waals surface area (Å²) in [7, 11) is 0. The van der Waals surface area contributed by atoms with Crippen LogP contribution >= 0.6 is 22.6 Å². The number of rotatable bonds is 5. The fraction of sp³-hybridized carbons (Fsp3) is 0.692. The zero-order chi connectivity index (χ0) is 13.8. The summed E-state index contributed by atoms with van der Waals surface area (Å²) in [6.45, 7) is 7.40. The van der Waals surface area contributed by atoms with Crippen LogP contribution in [0.2, 0.25) is 0 Å². The van der Waals surface area contributed by atoms with Gasteiger partial charge in [-0.1, -0.05) is 13.8 Å². The monoisotopic (exact) mass is 376 g/mol. The molecular weight excluding hydrogens is 355 g/mol. The molecule has 2 rings (SSSR count). The lowest BCUT2D eigenvalue weighted by atomic mass is 10.2. The number of aromatic nitrogens is 2. The molecule has 5 nitrogen and oxygen atoms in total. The van der Waals surface area contributed by atoms with Crippen molar-refractivity contribution in [1.29, 1.82) is 0 Å². The molecule has 1 aliphatic rings. The third kappa shape index (κ3) is 3.68. The molecule has 106 valence electrons. The minimum absolute atomic E-state index is 0.0496. The third-order valence-corrected chi connectivity index (χ3v) is 4.33. The molecule has 6 heteroatoms. The van der Waals surface area contributed by atoms with Gasteiger partial charge in [-0.25, -0.2) is 4.98 Å². The molecule has 0 bridgehead atoms. The Morgan fingerprint density at radius 2 is 2.42 bits per heavy atom. The molecule has 19 heavy (non-hydrogen) atoms. The van der Waals surface area contributed by atoms with Crippen LogP contribution in [0.15, 0.2) is 11.1 Å². The van der Waals surface area contributed by atoms with Crippen LogP contribution < -0.4 is 15.8 Å². The number of nitrogens with one attached hydrogen (secondary N) is 2. The number of halogens is 1. The zero-order valence-electron chi connectivity index (χ0n) is 11.4. The first-order valence-corrected chi connectivity index (χ1v) is 7.88. The molecule has 0 saturated carbocycles. The SMILES string of the molecule is CC(C)CNCC1CCCN1c1nc[nH]c(=O)c1I. The highest BCUT2D eigenvalue weighted by Gasteiger charge is 2.27. The minimum Gasteiger partial charge on any atom is -0.351 e. The topological polar surface area (TPSA) is 61.0 Å². The molecule has 2 N–H and O–H groups in total. The lowest BCUT2D eigenvalue weighted by molar-refractivity contribution is 0.511. The van der Waals surface area contributed by atoms with Gasteiger partial charge >= 0.3 is 0 Å². The summed E-state index contributed by atoms with van der Waals surface area (Å²) < 4.78 is 0.691. The van der Waals surface area contributed by atoms with Crippen LogP contribution in [0.3, 0.4) is 0 Å². The number of nitrogens with zero attached hydrogens (tertiary/aromatic N) is 2. The van der Waals surface area contributed by atoms with Gasteiger partial charge in [0.05, 0.1) is 6.33 Å². The highest BCUT2D eigenvalue weighted by Crippen LogP contribution is 2.25. The second-order valence-electron chi connectivity index (χ2n) is 5.41. The van der Waals surface area contributed by atoms with Crippen molar-refractivity contribution in [3.63, 3.8) is 0 Å². The van der Waals surface area contributed by atoms with E-state index in [1.54, 1.807) is 0 Å². The summed E-state index contributed by atoms with van der Waals surface area (Å²) in [5.74, 6) is 1.49. The van der Waals surface area contributed by atoms with E-state index in [-0.39, 0.29) is 5.56 Å². The van der Waals surface area contributed by atoms with Crippen molar-refractivity contribution in [1.82, 2.24) is 15.3 Å². The molecule has 0 aromatic carbocycles. The number of aromatic amines is 1. The molecule has 0 amide bonds. The first kappa shape index (κ1) is 14.8. The summed E-state index contributed by atoms with van der Waals surface area (Å²) in [4.78, 5) is 20.9. The van der Waals surface area contributed by atoms with Crippen molar-refractivity contribution in [3.8, 4) is 0 Å². The molecule has 1 saturated heterocycles. The van der Waals surface area contributed by atoms with Gasteiger partial charge in [-0.2, -0.15) is 0 Å². The van der Waals surface area contributed by atoms with Gasteiger partial charge in [-0.3, -0.25) is 4.79 Å². The molecule has 1 unspecified atom stereocenters. The van der Waals surface area contributed by atoms with E-state index >= 15 is 0 Å². The highest BCUT2D eigenvalue weighted by molar-refractivity contribution is 14.1. The molecule has 1 atom stereocenters. The third-order valence-electron chi connectivity index (χ3n) is 3.36. The van der Waals surface area contributed by atoms with Crippen LogP contribution in [-0.4, -0.2) is 35.6 Å². The lowest BCUT2D eigenvalue weighted by Crippen LogP contribution is -2.40. The van der Waals surface area contributed by atoms with E-state index < -0.39 is 0 Å². The van der Waals surface area contributed by atoms with E-state index in [0.29, 0.717) is 15.5 Å². The van der Waals surface area contributed by atoms with Crippen molar-refractivity contribution in [3.05, 3.63) is 20.3 Å². The summed E-state index contributed by atoms with van der Waals surface area (Å²) in [5.41, 5.74) is -0.0496. The molecule has 1 fully saturated rings. The van der Waals surface area contributed by atoms with E-state index in [4.69, 9.17) is 0 Å². The van der Waals surface area contributed by atoms with E-state index in [2.05, 4.69) is 56.6 Å². The van der Waals surface area contributed by atoms with Gasteiger partial charge in [0.1, 0.15) is 9.39 Å². The van der Waals surface area contributed by atoms with Crippen molar-refractivity contribution in [2.24, 2.45) is 5.92 Å². The highest BCUT2D eigenvalue weighted by atomic mass is 127. The predicted octanol–water partition coefficient (Wildman–Crippen LogP) is 1.59. The summed E-state index contributed by atoms with van der Waals surface area (Å²) in [6.07, 6.45) is 3.82. The second-order valence-corrected chi connectivity index (χ2v) is 6.49. The Balaban J connectivity index is 2.06. The van der Waals surface area contributed by atoms with Crippen molar-refractivity contribution < 1.29 is 0 Å². The van der Waals surface area contributed by atoms with Crippen LogP contribution in [0.1, 0.15) is 26.7 Å². The van der Waals surface area contributed by atoms with Crippen LogP contribution in [0.4, 0.5) is 5.82 Å². The molecule has 0 aliphatic carbocycles. The normalized spacial score (nSPS) is 19.4. The fourth-order valence-electron chi connectivity index (χ4n) is 2.44. The van der Waals surface area contributed by atoms with Crippen LogP contribution in [-0.2, 0) is 0 Å². The summed E-state index contributed by atoms with van der Waals surface area (Å²) in [6, 6.07) is 0.446. The molecule has 1 aromatic heterocycles. The fourth-order valence-corrected chi connectivity index (χ4v) is 3.04. The minimum atomic E-state index is -0.0496. The van der Waals surface area contributed by atoms with Crippen molar-refractivity contribution in [2.75, 3.05) is 24.5 Å². The average Bonchev–Trinajstić information content (AvgIpc) is 2.80. The molecule has 0 radical (unpaired) electrons. The zero-order valence-corrected chi connectivity index (χ0v) is 13.6. The van der Waals surface area contributed by atoms with Crippen LogP contribution in [0.25, 0.3) is 0 Å². The Morgan fingerprint density at radius 3 is 3.16 bits per heavy atom. The Bertz CT molecular complexity index is 474. The summed E-state index contributed by atoms with van der Waals surface area (Å²) in [5, 5.41) is 3.50. The van der Waals surface area contributed by atoms with Crippen LogP contribution in [0.5, 0.6) is 0 Å². The van der Waals surface area contributed by atoms with Gasteiger partial charge in [0, 0.05) is 19.1 Å². The Hall–Kier alpha value is -0.630. The number of hydrogen-bond donors (Lipinski definition) is 2. The molecular formula is C13H21IN4O.